The van der Waals surface area contributed by atoms with Crippen molar-refractivity contribution < 1.29 is 4.79 Å². The predicted molar refractivity (Wildman–Crippen MR) is 87.8 cm³/mol. The van der Waals surface area contributed by atoms with Gasteiger partial charge in [-0.1, -0.05) is 28.8 Å². The number of hydrogen-bond donors (Lipinski definition) is 2. The van der Waals surface area contributed by atoms with Gasteiger partial charge in [0.1, 0.15) is 0 Å². The van der Waals surface area contributed by atoms with Gasteiger partial charge < -0.3 is 10.6 Å². The molecule has 1 amide bonds. The van der Waals surface area contributed by atoms with Gasteiger partial charge >= 0.3 is 0 Å². The molecule has 2 aliphatic rings. The Morgan fingerprint density at radius 3 is 2.85 bits per heavy atom. The van der Waals surface area contributed by atoms with E-state index in [1.54, 1.807) is 0 Å². The van der Waals surface area contributed by atoms with E-state index in [4.69, 9.17) is 0 Å². The Morgan fingerprint density at radius 2 is 2.05 bits per heavy atom. The number of rotatable bonds is 2. The van der Waals surface area contributed by atoms with Gasteiger partial charge in [-0.3, -0.25) is 4.79 Å². The maximum Gasteiger partial charge on any atom is 0.241 e. The lowest BCUT2D eigenvalue weighted by atomic mass is 9.85. The minimum Gasteiger partial charge on any atom is -0.324 e. The Bertz CT molecular complexity index is 507. The van der Waals surface area contributed by atoms with Crippen molar-refractivity contribution in [3.63, 3.8) is 0 Å². The predicted octanol–water partition coefficient (Wildman–Crippen LogP) is 4.07. The quantitative estimate of drug-likeness (QED) is 0.784. The van der Waals surface area contributed by atoms with E-state index in [1.165, 1.54) is 25.7 Å². The number of halogens is 2. The minimum atomic E-state index is -0.0472. The smallest absolute Gasteiger partial charge is 0.241 e. The SMILES string of the molecule is O=C(Nc1cc(Br)ccc1Br)C1CC2CCCCC2N1. The zero-order valence-electron chi connectivity index (χ0n) is 11.2. The molecule has 3 atom stereocenters. The third-order valence-corrected chi connectivity index (χ3v) is 5.55. The van der Waals surface area contributed by atoms with Crippen LogP contribution in [-0.4, -0.2) is 18.0 Å². The van der Waals surface area contributed by atoms with Crippen LogP contribution in [-0.2, 0) is 4.79 Å². The number of carbonyl (C=O) groups is 1. The van der Waals surface area contributed by atoms with Crippen LogP contribution >= 0.6 is 31.9 Å². The average Bonchev–Trinajstić information content (AvgIpc) is 2.87. The lowest BCUT2D eigenvalue weighted by molar-refractivity contribution is -0.117. The van der Waals surface area contributed by atoms with Crippen LogP contribution in [0, 0.1) is 5.92 Å². The lowest BCUT2D eigenvalue weighted by Gasteiger charge is -2.24. The van der Waals surface area contributed by atoms with Gasteiger partial charge in [-0.15, -0.1) is 0 Å². The highest BCUT2D eigenvalue weighted by molar-refractivity contribution is 9.11. The van der Waals surface area contributed by atoms with E-state index in [1.807, 2.05) is 18.2 Å². The fraction of sp³-hybridized carbons (Fsp3) is 0.533. The topological polar surface area (TPSA) is 41.1 Å². The number of nitrogens with one attached hydrogen (secondary N) is 2. The molecule has 0 radical (unpaired) electrons. The zero-order valence-corrected chi connectivity index (χ0v) is 14.3. The molecule has 3 unspecified atom stereocenters. The number of anilines is 1. The van der Waals surface area contributed by atoms with Crippen molar-refractivity contribution in [2.75, 3.05) is 5.32 Å². The van der Waals surface area contributed by atoms with E-state index in [2.05, 4.69) is 42.5 Å². The molecule has 0 aromatic heterocycles. The lowest BCUT2D eigenvalue weighted by Crippen LogP contribution is -2.39. The molecular weight excluding hydrogens is 384 g/mol. The summed E-state index contributed by atoms with van der Waals surface area (Å²) in [5.74, 6) is 0.767. The largest absolute Gasteiger partial charge is 0.324 e. The molecule has 1 aromatic carbocycles. The summed E-state index contributed by atoms with van der Waals surface area (Å²) in [6.45, 7) is 0. The second-order valence-corrected chi connectivity index (χ2v) is 7.49. The number of hydrogen-bond acceptors (Lipinski definition) is 2. The average molecular weight is 402 g/mol. The molecule has 0 spiro atoms. The first-order chi connectivity index (χ1) is 9.63. The van der Waals surface area contributed by atoms with Crippen LogP contribution in [0.2, 0.25) is 0 Å². The Kier molecular flexibility index (Phi) is 4.48. The first-order valence-corrected chi connectivity index (χ1v) is 8.74. The fourth-order valence-electron chi connectivity index (χ4n) is 3.33. The van der Waals surface area contributed by atoms with Crippen molar-refractivity contribution in [2.24, 2.45) is 5.92 Å². The molecule has 5 heteroatoms. The Labute approximate surface area is 136 Å². The van der Waals surface area contributed by atoms with E-state index in [-0.39, 0.29) is 11.9 Å². The first-order valence-electron chi connectivity index (χ1n) is 7.15. The monoisotopic (exact) mass is 400 g/mol. The second kappa shape index (κ2) is 6.16. The summed E-state index contributed by atoms with van der Waals surface area (Å²) in [7, 11) is 0. The van der Waals surface area contributed by atoms with Gasteiger partial charge in [-0.2, -0.15) is 0 Å². The van der Waals surface area contributed by atoms with Gasteiger partial charge in [0.15, 0.2) is 0 Å². The van der Waals surface area contributed by atoms with E-state index < -0.39 is 0 Å². The summed E-state index contributed by atoms with van der Waals surface area (Å²) in [4.78, 5) is 12.4. The summed E-state index contributed by atoms with van der Waals surface area (Å²) < 4.78 is 1.87. The van der Waals surface area contributed by atoms with Crippen LogP contribution in [0.15, 0.2) is 27.1 Å². The summed E-state index contributed by atoms with van der Waals surface area (Å²) in [5, 5.41) is 6.53. The normalized spacial score (nSPS) is 29.0. The highest BCUT2D eigenvalue weighted by atomic mass is 79.9. The summed E-state index contributed by atoms with van der Waals surface area (Å²) in [6.07, 6.45) is 6.06. The highest BCUT2D eigenvalue weighted by Gasteiger charge is 2.38. The molecule has 1 aromatic rings. The Balaban J connectivity index is 1.66. The molecule has 3 rings (SSSR count). The molecule has 20 heavy (non-hydrogen) atoms. The standard InChI is InChI=1S/C15H18Br2N2O/c16-10-5-6-11(17)13(8-10)19-15(20)14-7-9-3-1-2-4-12(9)18-14/h5-6,8-9,12,14,18H,1-4,7H2,(H,19,20). The van der Waals surface area contributed by atoms with Gasteiger partial charge in [-0.25, -0.2) is 0 Å². The molecule has 1 saturated carbocycles. The number of fused-ring (bicyclic) bond motifs is 1. The molecule has 1 aliphatic carbocycles. The minimum absolute atomic E-state index is 0.0472. The first kappa shape index (κ1) is 14.5. The van der Waals surface area contributed by atoms with Crippen molar-refractivity contribution in [3.8, 4) is 0 Å². The van der Waals surface area contributed by atoms with Crippen LogP contribution < -0.4 is 10.6 Å². The second-order valence-electron chi connectivity index (χ2n) is 5.72. The molecule has 1 heterocycles. The van der Waals surface area contributed by atoms with Crippen LogP contribution in [0.5, 0.6) is 0 Å². The molecule has 1 aliphatic heterocycles. The van der Waals surface area contributed by atoms with Gasteiger partial charge in [0.25, 0.3) is 0 Å². The van der Waals surface area contributed by atoms with Crippen LogP contribution in [0.4, 0.5) is 5.69 Å². The van der Waals surface area contributed by atoms with E-state index >= 15 is 0 Å². The van der Waals surface area contributed by atoms with E-state index in [0.717, 1.165) is 21.1 Å². The maximum atomic E-state index is 12.4. The molecule has 0 bridgehead atoms. The highest BCUT2D eigenvalue weighted by Crippen LogP contribution is 2.34. The van der Waals surface area contributed by atoms with Crippen molar-refractivity contribution in [2.45, 2.75) is 44.2 Å². The van der Waals surface area contributed by atoms with Gasteiger partial charge in [0.2, 0.25) is 5.91 Å². The zero-order chi connectivity index (χ0) is 14.1. The van der Waals surface area contributed by atoms with Crippen LogP contribution in [0.25, 0.3) is 0 Å². The van der Waals surface area contributed by atoms with Gasteiger partial charge in [0.05, 0.1) is 11.7 Å². The van der Waals surface area contributed by atoms with Crippen molar-refractivity contribution in [3.05, 3.63) is 27.1 Å². The van der Waals surface area contributed by atoms with Crippen molar-refractivity contribution in [1.29, 1.82) is 0 Å². The molecule has 1 saturated heterocycles. The summed E-state index contributed by atoms with van der Waals surface area (Å²) >= 11 is 6.90. The third kappa shape index (κ3) is 3.10. The molecular formula is C15H18Br2N2O. The van der Waals surface area contributed by atoms with E-state index in [0.29, 0.717) is 12.0 Å². The Morgan fingerprint density at radius 1 is 1.25 bits per heavy atom. The van der Waals surface area contributed by atoms with Crippen LogP contribution in [0.1, 0.15) is 32.1 Å². The molecule has 108 valence electrons. The van der Waals surface area contributed by atoms with Crippen molar-refractivity contribution >= 4 is 43.5 Å². The number of amides is 1. The van der Waals surface area contributed by atoms with Gasteiger partial charge in [0, 0.05) is 15.0 Å². The van der Waals surface area contributed by atoms with Crippen molar-refractivity contribution in [1.82, 2.24) is 5.32 Å². The Hall–Kier alpha value is -0.390. The number of benzene rings is 1. The van der Waals surface area contributed by atoms with Crippen LogP contribution in [0.3, 0.4) is 0 Å². The molecule has 2 fully saturated rings. The van der Waals surface area contributed by atoms with E-state index in [9.17, 15) is 4.79 Å². The number of carbonyl (C=O) groups excluding carboxylic acids is 1. The third-order valence-electron chi connectivity index (χ3n) is 4.37. The summed E-state index contributed by atoms with van der Waals surface area (Å²) in [6, 6.07) is 6.30. The fourth-order valence-corrected chi connectivity index (χ4v) is 4.04. The summed E-state index contributed by atoms with van der Waals surface area (Å²) in [5.41, 5.74) is 0.820. The maximum absolute atomic E-state index is 12.4. The molecule has 2 N–H and O–H groups in total. The van der Waals surface area contributed by atoms with Gasteiger partial charge in [-0.05, 0) is 59.3 Å². The molecule has 3 nitrogen and oxygen atoms in total.